The number of esters is 1. The number of rotatable bonds is 4. The molecule has 0 bridgehead atoms. The second-order valence-electron chi connectivity index (χ2n) is 8.40. The molecule has 0 aromatic carbocycles. The van der Waals surface area contributed by atoms with Gasteiger partial charge in [-0.15, -0.1) is 11.3 Å². The average molecular weight is 443 g/mol. The fourth-order valence-electron chi connectivity index (χ4n) is 4.91. The topological polar surface area (TPSA) is 76.2 Å². The average Bonchev–Trinajstić information content (AvgIpc) is 3.34. The number of hydrogen-bond acceptors (Lipinski definition) is 7. The minimum atomic E-state index is -3.79. The predicted octanol–water partition coefficient (Wildman–Crippen LogP) is 2.63. The molecule has 9 heteroatoms. The van der Waals surface area contributed by atoms with Crippen LogP contribution in [0.1, 0.15) is 60.3 Å². The van der Waals surface area contributed by atoms with E-state index >= 15 is 0 Å². The number of sulfonamides is 1. The number of hydrogen-bond donors (Lipinski definition) is 0. The molecule has 162 valence electrons. The molecule has 29 heavy (non-hydrogen) atoms. The van der Waals surface area contributed by atoms with E-state index < -0.39 is 16.0 Å². The Kier molecular flexibility index (Phi) is 6.05. The Bertz CT molecular complexity index is 866. The standard InChI is InChI=1S/C20H30N2O5S2/c1-13-10-22(11-14(2)27-13)29(24,25)20-18(19(23)26-3)16-8-9-21(12-17(16)28-20)15-6-4-5-7-15/h13-15H,4-12H2,1-3H3/t13-,14+. The van der Waals surface area contributed by atoms with E-state index in [-0.39, 0.29) is 22.0 Å². The lowest BCUT2D eigenvalue weighted by molar-refractivity contribution is -0.0440. The van der Waals surface area contributed by atoms with Gasteiger partial charge in [-0.1, -0.05) is 12.8 Å². The lowest BCUT2D eigenvalue weighted by atomic mass is 10.0. The smallest absolute Gasteiger partial charge is 0.340 e. The van der Waals surface area contributed by atoms with Crippen LogP contribution in [0.2, 0.25) is 0 Å². The maximum absolute atomic E-state index is 13.5. The SMILES string of the molecule is COC(=O)c1c(S(=O)(=O)N2C[C@@H](C)O[C@@H](C)C2)sc2c1CCN(C1CCCC1)C2. The number of carbonyl (C=O) groups excluding carboxylic acids is 1. The van der Waals surface area contributed by atoms with Gasteiger partial charge in [-0.3, -0.25) is 4.90 Å². The van der Waals surface area contributed by atoms with Crippen LogP contribution < -0.4 is 0 Å². The van der Waals surface area contributed by atoms with Crippen LogP contribution in [0.4, 0.5) is 0 Å². The summed E-state index contributed by atoms with van der Waals surface area (Å²) in [7, 11) is -2.48. The number of fused-ring (bicyclic) bond motifs is 1. The zero-order valence-corrected chi connectivity index (χ0v) is 19.0. The molecule has 0 amide bonds. The fraction of sp³-hybridized carbons (Fsp3) is 0.750. The molecule has 0 radical (unpaired) electrons. The van der Waals surface area contributed by atoms with Gasteiger partial charge < -0.3 is 9.47 Å². The van der Waals surface area contributed by atoms with Crippen LogP contribution in [0.3, 0.4) is 0 Å². The molecule has 7 nitrogen and oxygen atoms in total. The van der Waals surface area contributed by atoms with Crippen LogP contribution in [0.5, 0.6) is 0 Å². The molecule has 1 saturated carbocycles. The zero-order chi connectivity index (χ0) is 20.8. The maximum atomic E-state index is 13.5. The summed E-state index contributed by atoms with van der Waals surface area (Å²) in [6.45, 7) is 5.92. The molecule has 1 saturated heterocycles. The van der Waals surface area contributed by atoms with Gasteiger partial charge in [-0.05, 0) is 38.7 Å². The second-order valence-corrected chi connectivity index (χ2v) is 11.6. The van der Waals surface area contributed by atoms with Crippen molar-refractivity contribution in [2.45, 2.75) is 75.0 Å². The summed E-state index contributed by atoms with van der Waals surface area (Å²) in [4.78, 5) is 16.1. The highest BCUT2D eigenvalue weighted by atomic mass is 32.2. The third-order valence-electron chi connectivity index (χ3n) is 6.25. The van der Waals surface area contributed by atoms with Crippen molar-refractivity contribution in [1.82, 2.24) is 9.21 Å². The Labute approximate surface area is 177 Å². The van der Waals surface area contributed by atoms with Crippen LogP contribution >= 0.6 is 11.3 Å². The first kappa shape index (κ1) is 21.2. The highest BCUT2D eigenvalue weighted by molar-refractivity contribution is 7.91. The number of morpholine rings is 1. The molecule has 0 spiro atoms. The van der Waals surface area contributed by atoms with E-state index in [4.69, 9.17) is 9.47 Å². The van der Waals surface area contributed by atoms with Crippen molar-refractivity contribution in [2.75, 3.05) is 26.7 Å². The highest BCUT2D eigenvalue weighted by Crippen LogP contribution is 2.40. The number of nitrogens with zero attached hydrogens (tertiary/aromatic N) is 2. The molecule has 2 atom stereocenters. The first-order valence-electron chi connectivity index (χ1n) is 10.4. The maximum Gasteiger partial charge on any atom is 0.340 e. The molecule has 0 N–H and O–H groups in total. The number of methoxy groups -OCH3 is 1. The van der Waals surface area contributed by atoms with E-state index in [1.807, 2.05) is 13.8 Å². The van der Waals surface area contributed by atoms with Gasteiger partial charge in [0.15, 0.2) is 0 Å². The molecule has 1 aromatic rings. The number of thiophene rings is 1. The first-order valence-corrected chi connectivity index (χ1v) is 12.7. The van der Waals surface area contributed by atoms with Crippen LogP contribution in [-0.4, -0.2) is 68.6 Å². The second kappa shape index (κ2) is 8.26. The molecule has 1 aromatic heterocycles. The summed E-state index contributed by atoms with van der Waals surface area (Å²) in [6.07, 6.45) is 5.28. The van der Waals surface area contributed by atoms with Crippen LogP contribution in [0.15, 0.2) is 4.21 Å². The monoisotopic (exact) mass is 442 g/mol. The van der Waals surface area contributed by atoms with Crippen molar-refractivity contribution in [3.8, 4) is 0 Å². The third kappa shape index (κ3) is 3.99. The summed E-state index contributed by atoms with van der Waals surface area (Å²) < 4.78 is 39.4. The summed E-state index contributed by atoms with van der Waals surface area (Å²) >= 11 is 1.26. The van der Waals surface area contributed by atoms with Crippen molar-refractivity contribution in [2.24, 2.45) is 0 Å². The van der Waals surface area contributed by atoms with Crippen molar-refractivity contribution in [1.29, 1.82) is 0 Å². The van der Waals surface area contributed by atoms with Crippen molar-refractivity contribution >= 4 is 27.3 Å². The van der Waals surface area contributed by atoms with Gasteiger partial charge in [-0.25, -0.2) is 13.2 Å². The van der Waals surface area contributed by atoms with Gasteiger partial charge in [0, 0.05) is 37.1 Å². The van der Waals surface area contributed by atoms with Crippen LogP contribution in [-0.2, 0) is 32.5 Å². The normalized spacial score (nSPS) is 27.1. The molecular weight excluding hydrogens is 412 g/mol. The highest BCUT2D eigenvalue weighted by Gasteiger charge is 2.40. The van der Waals surface area contributed by atoms with Gasteiger partial charge >= 0.3 is 5.97 Å². The zero-order valence-electron chi connectivity index (χ0n) is 17.3. The van der Waals surface area contributed by atoms with E-state index in [2.05, 4.69) is 4.90 Å². The Balaban J connectivity index is 1.70. The summed E-state index contributed by atoms with van der Waals surface area (Å²) in [6, 6.07) is 0.577. The Morgan fingerprint density at radius 3 is 2.45 bits per heavy atom. The van der Waals surface area contributed by atoms with Crippen molar-refractivity contribution in [3.63, 3.8) is 0 Å². The summed E-state index contributed by atoms with van der Waals surface area (Å²) in [5, 5.41) is 0. The quantitative estimate of drug-likeness (QED) is 0.668. The van der Waals surface area contributed by atoms with Gasteiger partial charge in [0.05, 0.1) is 24.9 Å². The Morgan fingerprint density at radius 1 is 1.17 bits per heavy atom. The third-order valence-corrected chi connectivity index (χ3v) is 9.79. The Morgan fingerprint density at radius 2 is 1.83 bits per heavy atom. The summed E-state index contributed by atoms with van der Waals surface area (Å²) in [5.41, 5.74) is 1.12. The molecular formula is C20H30N2O5S2. The largest absolute Gasteiger partial charge is 0.465 e. The molecule has 2 fully saturated rings. The van der Waals surface area contributed by atoms with E-state index in [1.165, 1.54) is 48.4 Å². The van der Waals surface area contributed by atoms with Gasteiger partial charge in [0.25, 0.3) is 10.0 Å². The van der Waals surface area contributed by atoms with E-state index in [0.29, 0.717) is 25.6 Å². The molecule has 3 heterocycles. The molecule has 2 aliphatic heterocycles. The minimum absolute atomic E-state index is 0.143. The predicted molar refractivity (Wildman–Crippen MR) is 111 cm³/mol. The van der Waals surface area contributed by atoms with E-state index in [9.17, 15) is 13.2 Å². The fourth-order valence-corrected chi connectivity index (χ4v) is 8.55. The summed E-state index contributed by atoms with van der Waals surface area (Å²) in [5.74, 6) is -0.551. The molecule has 0 unspecified atom stereocenters. The first-order chi connectivity index (χ1) is 13.8. The van der Waals surface area contributed by atoms with Crippen molar-refractivity contribution < 1.29 is 22.7 Å². The van der Waals surface area contributed by atoms with Crippen LogP contribution in [0, 0.1) is 0 Å². The van der Waals surface area contributed by atoms with E-state index in [0.717, 1.165) is 23.5 Å². The molecule has 4 rings (SSSR count). The van der Waals surface area contributed by atoms with Crippen molar-refractivity contribution in [3.05, 3.63) is 16.0 Å². The van der Waals surface area contributed by atoms with Crippen LogP contribution in [0.25, 0.3) is 0 Å². The van der Waals surface area contributed by atoms with Gasteiger partial charge in [-0.2, -0.15) is 4.31 Å². The van der Waals surface area contributed by atoms with E-state index in [1.54, 1.807) is 0 Å². The lowest BCUT2D eigenvalue weighted by Gasteiger charge is -2.34. The number of carbonyl (C=O) groups is 1. The molecule has 3 aliphatic rings. The Hall–Kier alpha value is -1.00. The lowest BCUT2D eigenvalue weighted by Crippen LogP contribution is -2.48. The number of ether oxygens (including phenoxy) is 2. The van der Waals surface area contributed by atoms with Gasteiger partial charge in [0.1, 0.15) is 4.21 Å². The van der Waals surface area contributed by atoms with Gasteiger partial charge in [0.2, 0.25) is 0 Å². The minimum Gasteiger partial charge on any atom is -0.465 e. The molecule has 1 aliphatic carbocycles.